The fraction of sp³-hybridized carbons (Fsp3) is 0.381. The number of nitrogens with one attached hydrogen (secondary N) is 1. The maximum absolute atomic E-state index is 12.6. The van der Waals surface area contributed by atoms with Gasteiger partial charge >= 0.3 is 0 Å². The number of hydrogen-bond acceptors (Lipinski definition) is 4. The molecule has 26 heavy (non-hydrogen) atoms. The van der Waals surface area contributed by atoms with Crippen molar-refractivity contribution in [3.05, 3.63) is 59.2 Å². The summed E-state index contributed by atoms with van der Waals surface area (Å²) in [7, 11) is 4.04. The van der Waals surface area contributed by atoms with Crippen molar-refractivity contribution in [1.29, 1.82) is 0 Å². The van der Waals surface area contributed by atoms with E-state index in [4.69, 9.17) is 9.47 Å². The zero-order chi connectivity index (χ0) is 18.5. The highest BCUT2D eigenvalue weighted by molar-refractivity contribution is 5.94. The summed E-state index contributed by atoms with van der Waals surface area (Å²) in [6.45, 7) is 3.73. The van der Waals surface area contributed by atoms with Crippen molar-refractivity contribution >= 4 is 5.91 Å². The fourth-order valence-electron chi connectivity index (χ4n) is 3.05. The summed E-state index contributed by atoms with van der Waals surface area (Å²) in [5, 5.41) is 3.04. The molecule has 138 valence electrons. The molecule has 0 bridgehead atoms. The van der Waals surface area contributed by atoms with Crippen LogP contribution < -0.4 is 14.8 Å². The van der Waals surface area contributed by atoms with Crippen LogP contribution in [0.3, 0.4) is 0 Å². The molecule has 2 aromatic rings. The number of hydrogen-bond donors (Lipinski definition) is 1. The van der Waals surface area contributed by atoms with E-state index < -0.39 is 0 Å². The first-order valence-corrected chi connectivity index (χ1v) is 9.01. The minimum Gasteiger partial charge on any atom is -0.486 e. The number of carbonyl (C=O) groups is 1. The SMILES string of the molecule is CCc1ccc(C(CNC(=O)c2ccc3c(c2)OCCO3)N(C)C)cc1. The van der Waals surface area contributed by atoms with E-state index in [0.717, 1.165) is 6.42 Å². The number of likely N-dealkylation sites (N-methyl/N-ethyl adjacent to an activating group) is 1. The minimum atomic E-state index is -0.112. The minimum absolute atomic E-state index is 0.112. The van der Waals surface area contributed by atoms with Gasteiger partial charge < -0.3 is 19.7 Å². The summed E-state index contributed by atoms with van der Waals surface area (Å²) >= 11 is 0. The summed E-state index contributed by atoms with van der Waals surface area (Å²) in [5.41, 5.74) is 3.08. The van der Waals surface area contributed by atoms with Crippen molar-refractivity contribution in [2.45, 2.75) is 19.4 Å². The largest absolute Gasteiger partial charge is 0.486 e. The van der Waals surface area contributed by atoms with E-state index in [1.807, 2.05) is 14.1 Å². The molecule has 1 aliphatic rings. The summed E-state index contributed by atoms with van der Waals surface area (Å²) in [6.07, 6.45) is 1.02. The van der Waals surface area contributed by atoms with Gasteiger partial charge in [-0.25, -0.2) is 0 Å². The lowest BCUT2D eigenvalue weighted by molar-refractivity contribution is 0.0940. The van der Waals surface area contributed by atoms with Crippen molar-refractivity contribution in [3.8, 4) is 11.5 Å². The molecule has 5 heteroatoms. The first-order valence-electron chi connectivity index (χ1n) is 9.01. The predicted octanol–water partition coefficient (Wildman–Crippen LogP) is 3.05. The van der Waals surface area contributed by atoms with Crippen molar-refractivity contribution < 1.29 is 14.3 Å². The van der Waals surface area contributed by atoms with Crippen LogP contribution in [-0.2, 0) is 6.42 Å². The highest BCUT2D eigenvalue weighted by Gasteiger charge is 2.18. The summed E-state index contributed by atoms with van der Waals surface area (Å²) < 4.78 is 11.1. The number of ether oxygens (including phenoxy) is 2. The second-order valence-electron chi connectivity index (χ2n) is 6.64. The highest BCUT2D eigenvalue weighted by Crippen LogP contribution is 2.30. The van der Waals surface area contributed by atoms with Crippen LogP contribution in [0.4, 0.5) is 0 Å². The maximum atomic E-state index is 12.6. The van der Waals surface area contributed by atoms with Crippen molar-refractivity contribution in [2.24, 2.45) is 0 Å². The third kappa shape index (κ3) is 4.17. The molecular formula is C21H26N2O3. The summed E-state index contributed by atoms with van der Waals surface area (Å²) in [4.78, 5) is 14.7. The van der Waals surface area contributed by atoms with Crippen LogP contribution in [0.15, 0.2) is 42.5 Å². The Morgan fingerprint density at radius 2 is 1.77 bits per heavy atom. The Bertz CT molecular complexity index is 756. The van der Waals surface area contributed by atoms with Crippen LogP contribution in [0, 0.1) is 0 Å². The van der Waals surface area contributed by atoms with E-state index in [2.05, 4.69) is 41.4 Å². The topological polar surface area (TPSA) is 50.8 Å². The normalized spacial score (nSPS) is 14.2. The standard InChI is InChI=1S/C21H26N2O3/c1-4-15-5-7-16(8-6-15)18(23(2)3)14-22-21(24)17-9-10-19-20(13-17)26-12-11-25-19/h5-10,13,18H,4,11-12,14H2,1-3H3,(H,22,24). The molecule has 0 aliphatic carbocycles. The Balaban J connectivity index is 1.67. The first-order chi connectivity index (χ1) is 12.6. The Kier molecular flexibility index (Phi) is 5.78. The number of aryl methyl sites for hydroxylation is 1. The van der Waals surface area contributed by atoms with E-state index in [-0.39, 0.29) is 11.9 Å². The molecule has 0 saturated heterocycles. The molecular weight excluding hydrogens is 328 g/mol. The van der Waals surface area contributed by atoms with Crippen LogP contribution in [0.5, 0.6) is 11.5 Å². The first kappa shape index (κ1) is 18.3. The molecule has 0 aromatic heterocycles. The molecule has 0 fully saturated rings. The molecule has 1 aliphatic heterocycles. The van der Waals surface area contributed by atoms with Gasteiger partial charge in [0, 0.05) is 12.1 Å². The van der Waals surface area contributed by atoms with E-state index in [1.54, 1.807) is 18.2 Å². The Morgan fingerprint density at radius 3 is 2.42 bits per heavy atom. The molecule has 1 atom stereocenters. The molecule has 0 spiro atoms. The second-order valence-corrected chi connectivity index (χ2v) is 6.64. The lowest BCUT2D eigenvalue weighted by Gasteiger charge is -2.25. The number of nitrogens with zero attached hydrogens (tertiary/aromatic N) is 1. The van der Waals surface area contributed by atoms with Gasteiger partial charge in [-0.05, 0) is 49.8 Å². The van der Waals surface area contributed by atoms with Gasteiger partial charge in [0.15, 0.2) is 11.5 Å². The van der Waals surface area contributed by atoms with Crippen LogP contribution >= 0.6 is 0 Å². The van der Waals surface area contributed by atoms with E-state index >= 15 is 0 Å². The van der Waals surface area contributed by atoms with E-state index in [9.17, 15) is 4.79 Å². The second kappa shape index (κ2) is 8.23. The third-order valence-corrected chi connectivity index (χ3v) is 4.66. The third-order valence-electron chi connectivity index (χ3n) is 4.66. The molecule has 1 amide bonds. The van der Waals surface area contributed by atoms with Gasteiger partial charge in [0.1, 0.15) is 13.2 Å². The number of rotatable bonds is 6. The number of fused-ring (bicyclic) bond motifs is 1. The average molecular weight is 354 g/mol. The van der Waals surface area contributed by atoms with Gasteiger partial charge in [-0.2, -0.15) is 0 Å². The lowest BCUT2D eigenvalue weighted by atomic mass is 10.0. The molecule has 1 heterocycles. The monoisotopic (exact) mass is 354 g/mol. The number of amides is 1. The summed E-state index contributed by atoms with van der Waals surface area (Å²) in [5.74, 6) is 1.21. The Labute approximate surface area is 154 Å². The van der Waals surface area contributed by atoms with Crippen molar-refractivity contribution in [2.75, 3.05) is 33.9 Å². The van der Waals surface area contributed by atoms with Crippen molar-refractivity contribution in [1.82, 2.24) is 10.2 Å². The van der Waals surface area contributed by atoms with Gasteiger partial charge in [-0.1, -0.05) is 31.2 Å². The van der Waals surface area contributed by atoms with Gasteiger partial charge in [0.25, 0.3) is 5.91 Å². The Morgan fingerprint density at radius 1 is 1.08 bits per heavy atom. The average Bonchev–Trinajstić information content (AvgIpc) is 2.67. The van der Waals surface area contributed by atoms with Crippen LogP contribution in [0.2, 0.25) is 0 Å². The zero-order valence-electron chi connectivity index (χ0n) is 15.6. The number of carbonyl (C=O) groups excluding carboxylic acids is 1. The molecule has 0 saturated carbocycles. The molecule has 3 rings (SSSR count). The lowest BCUT2D eigenvalue weighted by Crippen LogP contribution is -2.34. The molecule has 5 nitrogen and oxygen atoms in total. The maximum Gasteiger partial charge on any atom is 0.251 e. The molecule has 2 aromatic carbocycles. The van der Waals surface area contributed by atoms with Gasteiger partial charge in [0.05, 0.1) is 6.04 Å². The van der Waals surface area contributed by atoms with Crippen LogP contribution in [0.25, 0.3) is 0 Å². The highest BCUT2D eigenvalue weighted by atomic mass is 16.6. The quantitative estimate of drug-likeness (QED) is 0.866. The zero-order valence-corrected chi connectivity index (χ0v) is 15.6. The summed E-state index contributed by atoms with van der Waals surface area (Å²) in [6, 6.07) is 14.0. The van der Waals surface area contributed by atoms with Crippen LogP contribution in [-0.4, -0.2) is 44.7 Å². The van der Waals surface area contributed by atoms with Gasteiger partial charge in [-0.15, -0.1) is 0 Å². The van der Waals surface area contributed by atoms with Crippen molar-refractivity contribution in [3.63, 3.8) is 0 Å². The predicted molar refractivity (Wildman–Crippen MR) is 102 cm³/mol. The Hall–Kier alpha value is -2.53. The number of benzene rings is 2. The molecule has 0 radical (unpaired) electrons. The van der Waals surface area contributed by atoms with Gasteiger partial charge in [-0.3, -0.25) is 4.79 Å². The smallest absolute Gasteiger partial charge is 0.251 e. The fourth-order valence-corrected chi connectivity index (χ4v) is 3.05. The molecule has 1 N–H and O–H groups in total. The van der Waals surface area contributed by atoms with Crippen LogP contribution in [0.1, 0.15) is 34.5 Å². The van der Waals surface area contributed by atoms with E-state index in [0.29, 0.717) is 36.8 Å². The van der Waals surface area contributed by atoms with E-state index in [1.165, 1.54) is 11.1 Å². The molecule has 1 unspecified atom stereocenters. The van der Waals surface area contributed by atoms with Gasteiger partial charge in [0.2, 0.25) is 0 Å².